The number of hydrogen-bond donors (Lipinski definition) is 0. The molecule has 9 rings (SSSR count). The molecule has 0 bridgehead atoms. The van der Waals surface area contributed by atoms with Gasteiger partial charge in [0.1, 0.15) is 11.2 Å². The van der Waals surface area contributed by atoms with E-state index in [4.69, 9.17) is 19.4 Å². The van der Waals surface area contributed by atoms with Crippen molar-refractivity contribution in [2.45, 2.75) is 0 Å². The Morgan fingerprint density at radius 2 is 1.00 bits per heavy atom. The van der Waals surface area contributed by atoms with Crippen molar-refractivity contribution < 1.29 is 4.42 Å². The van der Waals surface area contributed by atoms with Crippen LogP contribution in [0.15, 0.2) is 144 Å². The highest BCUT2D eigenvalue weighted by Crippen LogP contribution is 2.40. The predicted octanol–water partition coefficient (Wildman–Crippen LogP) is 10.8. The second kappa shape index (κ2) is 9.97. The van der Waals surface area contributed by atoms with E-state index in [1.54, 1.807) is 11.3 Å². The van der Waals surface area contributed by atoms with Gasteiger partial charge in [-0.05, 0) is 23.8 Å². The van der Waals surface area contributed by atoms with Gasteiger partial charge in [0.05, 0.1) is 0 Å². The summed E-state index contributed by atoms with van der Waals surface area (Å²) in [6.45, 7) is 0. The third kappa shape index (κ3) is 4.02. The molecular formula is C39H23N3OS. The van der Waals surface area contributed by atoms with Crippen LogP contribution in [0.25, 0.3) is 87.4 Å². The van der Waals surface area contributed by atoms with Crippen LogP contribution < -0.4 is 0 Å². The van der Waals surface area contributed by atoms with Crippen LogP contribution in [-0.2, 0) is 0 Å². The second-order valence-electron chi connectivity index (χ2n) is 10.8. The quantitative estimate of drug-likeness (QED) is 0.207. The van der Waals surface area contributed by atoms with E-state index in [0.29, 0.717) is 17.5 Å². The summed E-state index contributed by atoms with van der Waals surface area (Å²) in [6, 6.07) is 47.9. The maximum atomic E-state index is 6.31. The molecule has 0 radical (unpaired) electrons. The topological polar surface area (TPSA) is 51.8 Å². The smallest absolute Gasteiger partial charge is 0.164 e. The van der Waals surface area contributed by atoms with Gasteiger partial charge in [-0.25, -0.2) is 15.0 Å². The summed E-state index contributed by atoms with van der Waals surface area (Å²) in [5, 5.41) is 4.64. The molecule has 6 aromatic carbocycles. The average molecular weight is 582 g/mol. The summed E-state index contributed by atoms with van der Waals surface area (Å²) in [7, 11) is 0. The highest BCUT2D eigenvalue weighted by atomic mass is 32.1. The number of para-hydroxylation sites is 2. The van der Waals surface area contributed by atoms with Gasteiger partial charge in [0, 0.05) is 53.2 Å². The summed E-state index contributed by atoms with van der Waals surface area (Å²) >= 11 is 1.79. The number of hydrogen-bond acceptors (Lipinski definition) is 5. The van der Waals surface area contributed by atoms with E-state index in [2.05, 4.69) is 91.0 Å². The monoisotopic (exact) mass is 581 g/mol. The minimum absolute atomic E-state index is 0.638. The average Bonchev–Trinajstić information content (AvgIpc) is 3.67. The lowest BCUT2D eigenvalue weighted by Crippen LogP contribution is -2.00. The number of rotatable bonds is 4. The molecule has 0 saturated heterocycles. The molecule has 5 heteroatoms. The van der Waals surface area contributed by atoms with Gasteiger partial charge in [-0.3, -0.25) is 0 Å². The van der Waals surface area contributed by atoms with Gasteiger partial charge >= 0.3 is 0 Å². The van der Waals surface area contributed by atoms with E-state index >= 15 is 0 Å². The Labute approximate surface area is 256 Å². The molecule has 3 heterocycles. The SMILES string of the molecule is c1ccc(-c2nc(-c3ccc(-c4cccc5c4oc4ccccc45)cc3)nc(-c3cccc4sc5ccccc5c34)n2)cc1. The fourth-order valence-electron chi connectivity index (χ4n) is 6.08. The largest absolute Gasteiger partial charge is 0.455 e. The molecule has 0 amide bonds. The Morgan fingerprint density at radius 1 is 0.409 bits per heavy atom. The maximum absolute atomic E-state index is 6.31. The van der Waals surface area contributed by atoms with E-state index < -0.39 is 0 Å². The Kier molecular flexibility index (Phi) is 5.64. The van der Waals surface area contributed by atoms with E-state index in [1.165, 1.54) is 20.2 Å². The minimum Gasteiger partial charge on any atom is -0.455 e. The van der Waals surface area contributed by atoms with Gasteiger partial charge in [-0.2, -0.15) is 0 Å². The number of benzene rings is 6. The van der Waals surface area contributed by atoms with Crippen LogP contribution >= 0.6 is 11.3 Å². The maximum Gasteiger partial charge on any atom is 0.164 e. The first-order valence-corrected chi connectivity index (χ1v) is 15.3. The Hall–Kier alpha value is -5.65. The summed E-state index contributed by atoms with van der Waals surface area (Å²) in [5.74, 6) is 1.95. The zero-order valence-electron chi connectivity index (χ0n) is 23.4. The van der Waals surface area contributed by atoms with Crippen LogP contribution in [0.1, 0.15) is 0 Å². The van der Waals surface area contributed by atoms with E-state index in [1.807, 2.05) is 48.5 Å². The van der Waals surface area contributed by atoms with Crippen molar-refractivity contribution in [1.29, 1.82) is 0 Å². The molecule has 0 atom stereocenters. The zero-order chi connectivity index (χ0) is 29.0. The molecule has 0 N–H and O–H groups in total. The van der Waals surface area contributed by atoms with Gasteiger partial charge in [0.2, 0.25) is 0 Å². The number of furan rings is 1. The first kappa shape index (κ1) is 24.9. The Bertz CT molecular complexity index is 2490. The summed E-state index contributed by atoms with van der Waals surface area (Å²) < 4.78 is 8.78. The molecule has 206 valence electrons. The van der Waals surface area contributed by atoms with Crippen LogP contribution in [0, 0.1) is 0 Å². The first-order valence-electron chi connectivity index (χ1n) is 14.5. The molecule has 0 fully saturated rings. The van der Waals surface area contributed by atoms with Gasteiger partial charge in [0.25, 0.3) is 0 Å². The number of aromatic nitrogens is 3. The van der Waals surface area contributed by atoms with Gasteiger partial charge < -0.3 is 4.42 Å². The van der Waals surface area contributed by atoms with Crippen LogP contribution in [0.5, 0.6) is 0 Å². The summed E-state index contributed by atoms with van der Waals surface area (Å²) in [5.41, 5.74) is 6.81. The third-order valence-corrected chi connectivity index (χ3v) is 9.31. The molecular weight excluding hydrogens is 559 g/mol. The van der Waals surface area contributed by atoms with Crippen LogP contribution in [-0.4, -0.2) is 15.0 Å². The molecule has 0 aliphatic heterocycles. The number of thiophene rings is 1. The van der Waals surface area contributed by atoms with Crippen LogP contribution in [0.4, 0.5) is 0 Å². The lowest BCUT2D eigenvalue weighted by molar-refractivity contribution is 0.670. The second-order valence-corrected chi connectivity index (χ2v) is 11.9. The van der Waals surface area contributed by atoms with Crippen molar-refractivity contribution >= 4 is 53.4 Å². The highest BCUT2D eigenvalue weighted by molar-refractivity contribution is 7.25. The molecule has 0 saturated carbocycles. The van der Waals surface area contributed by atoms with Crippen molar-refractivity contribution in [2.24, 2.45) is 0 Å². The molecule has 44 heavy (non-hydrogen) atoms. The fraction of sp³-hybridized carbons (Fsp3) is 0. The van der Waals surface area contributed by atoms with Crippen LogP contribution in [0.3, 0.4) is 0 Å². The predicted molar refractivity (Wildman–Crippen MR) is 182 cm³/mol. The molecule has 0 aliphatic rings. The molecule has 0 unspecified atom stereocenters. The minimum atomic E-state index is 0.638. The zero-order valence-corrected chi connectivity index (χ0v) is 24.3. The first-order chi connectivity index (χ1) is 21.8. The molecule has 3 aromatic heterocycles. The van der Waals surface area contributed by atoms with Gasteiger partial charge in [-0.1, -0.05) is 121 Å². The molecule has 0 aliphatic carbocycles. The van der Waals surface area contributed by atoms with Gasteiger partial charge in [-0.15, -0.1) is 11.3 Å². The molecule has 0 spiro atoms. The lowest BCUT2D eigenvalue weighted by atomic mass is 10.0. The Morgan fingerprint density at radius 3 is 1.84 bits per heavy atom. The summed E-state index contributed by atoms with van der Waals surface area (Å²) in [6.07, 6.45) is 0. The molecule has 4 nitrogen and oxygen atoms in total. The van der Waals surface area contributed by atoms with Crippen molar-refractivity contribution in [3.05, 3.63) is 140 Å². The van der Waals surface area contributed by atoms with Crippen molar-refractivity contribution in [3.8, 4) is 45.3 Å². The molecule has 9 aromatic rings. The number of fused-ring (bicyclic) bond motifs is 6. The van der Waals surface area contributed by atoms with E-state index in [-0.39, 0.29) is 0 Å². The van der Waals surface area contributed by atoms with Crippen molar-refractivity contribution in [2.75, 3.05) is 0 Å². The highest BCUT2D eigenvalue weighted by Gasteiger charge is 2.17. The lowest BCUT2D eigenvalue weighted by Gasteiger charge is -2.10. The van der Waals surface area contributed by atoms with E-state index in [0.717, 1.165) is 49.8 Å². The third-order valence-electron chi connectivity index (χ3n) is 8.17. The normalized spacial score (nSPS) is 11.6. The Balaban J connectivity index is 1.20. The van der Waals surface area contributed by atoms with Crippen molar-refractivity contribution in [1.82, 2.24) is 15.0 Å². The van der Waals surface area contributed by atoms with Gasteiger partial charge in [0.15, 0.2) is 17.5 Å². The van der Waals surface area contributed by atoms with E-state index in [9.17, 15) is 0 Å². The standard InChI is InChI=1S/C39H23N3OS/c1-2-10-25(11-3-1)37-40-38(42-39(41-37)31-16-9-19-34-35(31)30-13-5-7-18-33(30)44-34)26-22-20-24(21-23-26)27-14-8-15-29-28-12-4-6-17-32(28)43-36(27)29/h1-23H. The number of nitrogens with zero attached hydrogens (tertiary/aromatic N) is 3. The van der Waals surface area contributed by atoms with Crippen LogP contribution in [0.2, 0.25) is 0 Å². The summed E-state index contributed by atoms with van der Waals surface area (Å²) in [4.78, 5) is 15.1. The fourth-order valence-corrected chi connectivity index (χ4v) is 7.21. The van der Waals surface area contributed by atoms with Crippen molar-refractivity contribution in [3.63, 3.8) is 0 Å².